The lowest BCUT2D eigenvalue weighted by atomic mass is 10.1. The molecule has 0 radical (unpaired) electrons. The molecule has 0 saturated carbocycles. The molecule has 174 valence electrons. The van der Waals surface area contributed by atoms with Crippen LogP contribution in [0.1, 0.15) is 12.8 Å². The fraction of sp³-hybridized carbons (Fsp3) is 0.185. The lowest BCUT2D eigenvalue weighted by molar-refractivity contribution is 0.163. The zero-order valence-corrected chi connectivity index (χ0v) is 19.8. The first-order chi connectivity index (χ1) is 17.3. The van der Waals surface area contributed by atoms with Crippen LogP contribution in [-0.4, -0.2) is 39.1 Å². The molecule has 0 spiro atoms. The third-order valence-corrected chi connectivity index (χ3v) is 6.84. The molecule has 8 heteroatoms. The summed E-state index contributed by atoms with van der Waals surface area (Å²) in [6.07, 6.45) is 9.45. The number of benzene rings is 2. The molecule has 4 heterocycles. The first kappa shape index (κ1) is 21.6. The molecular formula is C27H24N6OS. The lowest BCUT2D eigenvalue weighted by Gasteiger charge is -2.25. The molecule has 2 N–H and O–H groups in total. The molecule has 0 atom stereocenters. The van der Waals surface area contributed by atoms with Gasteiger partial charge in [0.1, 0.15) is 16.9 Å². The normalized spacial score (nSPS) is 14.2. The van der Waals surface area contributed by atoms with Gasteiger partial charge in [-0.2, -0.15) is 0 Å². The quantitative estimate of drug-likeness (QED) is 0.323. The minimum Gasteiger partial charge on any atom is -0.490 e. The Morgan fingerprint density at radius 3 is 2.69 bits per heavy atom. The molecule has 1 aliphatic rings. The van der Waals surface area contributed by atoms with E-state index in [0.29, 0.717) is 5.95 Å². The van der Waals surface area contributed by atoms with E-state index in [1.54, 1.807) is 17.5 Å². The second-order valence-corrected chi connectivity index (χ2v) is 9.35. The van der Waals surface area contributed by atoms with E-state index in [2.05, 4.69) is 43.8 Å². The summed E-state index contributed by atoms with van der Waals surface area (Å²) in [5.74, 6) is 1.36. The maximum absolute atomic E-state index is 6.48. The van der Waals surface area contributed by atoms with Gasteiger partial charge in [0.2, 0.25) is 5.95 Å². The van der Waals surface area contributed by atoms with Crippen LogP contribution in [0.2, 0.25) is 0 Å². The van der Waals surface area contributed by atoms with E-state index < -0.39 is 0 Å². The third-order valence-electron chi connectivity index (χ3n) is 6.04. The van der Waals surface area contributed by atoms with Crippen molar-refractivity contribution in [3.8, 4) is 27.4 Å². The number of aromatic nitrogens is 4. The Morgan fingerprint density at radius 1 is 0.943 bits per heavy atom. The molecule has 0 amide bonds. The summed E-state index contributed by atoms with van der Waals surface area (Å²) >= 11 is 1.60. The van der Waals surface area contributed by atoms with Crippen LogP contribution in [0, 0.1) is 0 Å². The minimum atomic E-state index is 0.182. The molecule has 7 nitrogen and oxygen atoms in total. The second-order valence-electron chi connectivity index (χ2n) is 8.45. The Kier molecular flexibility index (Phi) is 6.04. The highest BCUT2D eigenvalue weighted by Gasteiger charge is 2.19. The SMILES string of the molecule is c1cncc(-c2cccc(Nc3ncc4cc(-c5nccs5)c(OC5CCNCC5)cc4n3)c2)c1. The molecule has 2 aromatic carbocycles. The number of nitrogens with one attached hydrogen (secondary N) is 2. The number of nitrogens with zero attached hydrogens (tertiary/aromatic N) is 4. The number of ether oxygens (including phenoxy) is 1. The van der Waals surface area contributed by atoms with Gasteiger partial charge in [0, 0.05) is 52.9 Å². The van der Waals surface area contributed by atoms with Crippen LogP contribution < -0.4 is 15.4 Å². The zero-order valence-electron chi connectivity index (χ0n) is 19.0. The van der Waals surface area contributed by atoms with Crippen molar-refractivity contribution in [2.24, 2.45) is 0 Å². The monoisotopic (exact) mass is 480 g/mol. The molecule has 0 bridgehead atoms. The van der Waals surface area contributed by atoms with Gasteiger partial charge in [0.05, 0.1) is 11.1 Å². The summed E-state index contributed by atoms with van der Waals surface area (Å²) in [6, 6.07) is 16.2. The number of fused-ring (bicyclic) bond motifs is 1. The van der Waals surface area contributed by atoms with Gasteiger partial charge in [-0.1, -0.05) is 18.2 Å². The highest BCUT2D eigenvalue weighted by Crippen LogP contribution is 2.36. The highest BCUT2D eigenvalue weighted by atomic mass is 32.1. The van der Waals surface area contributed by atoms with E-state index in [0.717, 1.165) is 70.0 Å². The number of piperidine rings is 1. The van der Waals surface area contributed by atoms with Crippen molar-refractivity contribution >= 4 is 33.9 Å². The number of thiazole rings is 1. The molecule has 1 fully saturated rings. The average Bonchev–Trinajstić information content (AvgIpc) is 3.45. The van der Waals surface area contributed by atoms with Crippen molar-refractivity contribution in [3.63, 3.8) is 0 Å². The van der Waals surface area contributed by atoms with Crippen molar-refractivity contribution in [1.29, 1.82) is 0 Å². The van der Waals surface area contributed by atoms with Gasteiger partial charge >= 0.3 is 0 Å². The zero-order chi connectivity index (χ0) is 23.5. The van der Waals surface area contributed by atoms with Crippen LogP contribution in [-0.2, 0) is 0 Å². The first-order valence-electron chi connectivity index (χ1n) is 11.7. The Morgan fingerprint density at radius 2 is 1.86 bits per heavy atom. The van der Waals surface area contributed by atoms with Gasteiger partial charge in [-0.05, 0) is 55.8 Å². The van der Waals surface area contributed by atoms with E-state index >= 15 is 0 Å². The highest BCUT2D eigenvalue weighted by molar-refractivity contribution is 7.13. The smallest absolute Gasteiger partial charge is 0.227 e. The lowest BCUT2D eigenvalue weighted by Crippen LogP contribution is -2.34. The maximum Gasteiger partial charge on any atom is 0.227 e. The molecule has 6 rings (SSSR count). The Hall–Kier alpha value is -3.88. The standard InChI is InChI=1S/C27H24N6OS/c1-3-18(19-4-2-8-29-16-19)13-21(5-1)32-27-31-17-20-14-23(26-30-11-12-35-26)25(15-24(20)33-27)34-22-6-9-28-10-7-22/h1-5,8,11-17,22,28H,6-7,9-10H2,(H,31,32,33). The molecule has 35 heavy (non-hydrogen) atoms. The fourth-order valence-electron chi connectivity index (χ4n) is 4.27. The van der Waals surface area contributed by atoms with Crippen LogP contribution in [0.5, 0.6) is 5.75 Å². The first-order valence-corrected chi connectivity index (χ1v) is 12.6. The van der Waals surface area contributed by atoms with Crippen LogP contribution in [0.4, 0.5) is 11.6 Å². The van der Waals surface area contributed by atoms with Gasteiger partial charge < -0.3 is 15.4 Å². The topological polar surface area (TPSA) is 84.9 Å². The predicted molar refractivity (Wildman–Crippen MR) is 140 cm³/mol. The largest absolute Gasteiger partial charge is 0.490 e. The van der Waals surface area contributed by atoms with Crippen molar-refractivity contribution in [3.05, 3.63) is 78.7 Å². The van der Waals surface area contributed by atoms with Gasteiger partial charge in [-0.15, -0.1) is 11.3 Å². The number of hydrogen-bond acceptors (Lipinski definition) is 8. The van der Waals surface area contributed by atoms with E-state index in [9.17, 15) is 0 Å². The third kappa shape index (κ3) is 4.84. The van der Waals surface area contributed by atoms with E-state index in [4.69, 9.17) is 9.72 Å². The van der Waals surface area contributed by atoms with Crippen molar-refractivity contribution in [2.45, 2.75) is 18.9 Å². The van der Waals surface area contributed by atoms with E-state index in [1.165, 1.54) is 0 Å². The van der Waals surface area contributed by atoms with Crippen molar-refractivity contribution in [2.75, 3.05) is 18.4 Å². The molecule has 0 aliphatic carbocycles. The summed E-state index contributed by atoms with van der Waals surface area (Å²) < 4.78 is 6.48. The Labute approximate surface area is 207 Å². The fourth-order valence-corrected chi connectivity index (χ4v) is 4.93. The molecule has 3 aromatic heterocycles. The van der Waals surface area contributed by atoms with Crippen molar-refractivity contribution in [1.82, 2.24) is 25.3 Å². The maximum atomic E-state index is 6.48. The van der Waals surface area contributed by atoms with Crippen LogP contribution in [0.15, 0.2) is 78.7 Å². The van der Waals surface area contributed by atoms with E-state index in [-0.39, 0.29) is 6.10 Å². The van der Waals surface area contributed by atoms with Crippen molar-refractivity contribution < 1.29 is 4.74 Å². The minimum absolute atomic E-state index is 0.182. The van der Waals surface area contributed by atoms with Crippen LogP contribution >= 0.6 is 11.3 Å². The number of pyridine rings is 1. The van der Waals surface area contributed by atoms with Gasteiger partial charge in [0.15, 0.2) is 0 Å². The molecule has 1 saturated heterocycles. The van der Waals surface area contributed by atoms with Gasteiger partial charge in [-0.25, -0.2) is 15.0 Å². The molecular weight excluding hydrogens is 456 g/mol. The Bertz CT molecular complexity index is 1440. The van der Waals surface area contributed by atoms with Crippen LogP contribution in [0.25, 0.3) is 32.6 Å². The summed E-state index contributed by atoms with van der Waals surface area (Å²) in [6.45, 7) is 1.94. The number of rotatable bonds is 6. The van der Waals surface area contributed by atoms with Gasteiger partial charge in [0.25, 0.3) is 0 Å². The molecule has 0 unspecified atom stereocenters. The summed E-state index contributed by atoms with van der Waals surface area (Å²) in [5.41, 5.74) is 4.87. The molecule has 5 aromatic rings. The second kappa shape index (κ2) is 9.77. The Balaban J connectivity index is 1.32. The average molecular weight is 481 g/mol. The summed E-state index contributed by atoms with van der Waals surface area (Å²) in [4.78, 5) is 18.1. The number of anilines is 2. The van der Waals surface area contributed by atoms with E-state index in [1.807, 2.05) is 54.3 Å². The number of hydrogen-bond donors (Lipinski definition) is 2. The predicted octanol–water partition coefficient (Wildman–Crippen LogP) is 5.69. The summed E-state index contributed by atoms with van der Waals surface area (Å²) in [5, 5.41) is 10.6. The van der Waals surface area contributed by atoms with Crippen LogP contribution in [0.3, 0.4) is 0 Å². The van der Waals surface area contributed by atoms with Gasteiger partial charge in [-0.3, -0.25) is 4.98 Å². The molecule has 1 aliphatic heterocycles. The summed E-state index contributed by atoms with van der Waals surface area (Å²) in [7, 11) is 0.